The van der Waals surface area contributed by atoms with Gasteiger partial charge in [-0.3, -0.25) is 4.79 Å². The predicted octanol–water partition coefficient (Wildman–Crippen LogP) is 1.85. The molecule has 7 nitrogen and oxygen atoms in total. The van der Waals surface area contributed by atoms with Gasteiger partial charge in [-0.1, -0.05) is 18.2 Å². The van der Waals surface area contributed by atoms with Crippen LogP contribution in [0.2, 0.25) is 0 Å². The quantitative estimate of drug-likeness (QED) is 0.625. The summed E-state index contributed by atoms with van der Waals surface area (Å²) >= 11 is 0. The molecular weight excluding hydrogens is 304 g/mol. The first kappa shape index (κ1) is 14.4. The number of nitrogens with one attached hydrogen (secondary N) is 1. The van der Waals surface area contributed by atoms with Gasteiger partial charge in [0.25, 0.3) is 5.91 Å². The van der Waals surface area contributed by atoms with Gasteiger partial charge in [0.15, 0.2) is 11.5 Å². The SMILES string of the molecule is Cc1ccc2nnc(CNC(=O)c3cc4ccccc4n3C)n2n1. The molecule has 4 rings (SSSR count). The van der Waals surface area contributed by atoms with Gasteiger partial charge in [-0.15, -0.1) is 10.2 Å². The number of carbonyl (C=O) groups excluding carboxylic acids is 1. The zero-order valence-electron chi connectivity index (χ0n) is 13.4. The summed E-state index contributed by atoms with van der Waals surface area (Å²) in [4.78, 5) is 12.5. The molecular formula is C17H16N6O. The highest BCUT2D eigenvalue weighted by molar-refractivity contribution is 5.98. The first-order valence-corrected chi connectivity index (χ1v) is 7.64. The molecule has 0 aliphatic heterocycles. The van der Waals surface area contributed by atoms with E-state index < -0.39 is 0 Å². The maximum atomic E-state index is 12.5. The summed E-state index contributed by atoms with van der Waals surface area (Å²) in [6.45, 7) is 2.16. The minimum absolute atomic E-state index is 0.155. The van der Waals surface area contributed by atoms with Crippen molar-refractivity contribution >= 4 is 22.5 Å². The lowest BCUT2D eigenvalue weighted by atomic mass is 10.2. The van der Waals surface area contributed by atoms with Crippen molar-refractivity contribution in [3.63, 3.8) is 0 Å². The van der Waals surface area contributed by atoms with E-state index in [-0.39, 0.29) is 12.5 Å². The Morgan fingerprint density at radius 2 is 2.00 bits per heavy atom. The van der Waals surface area contributed by atoms with Crippen molar-refractivity contribution in [2.45, 2.75) is 13.5 Å². The van der Waals surface area contributed by atoms with Gasteiger partial charge >= 0.3 is 0 Å². The number of carbonyl (C=O) groups is 1. The van der Waals surface area contributed by atoms with Crippen LogP contribution in [0.25, 0.3) is 16.6 Å². The number of fused-ring (bicyclic) bond motifs is 2. The van der Waals surface area contributed by atoms with Crippen molar-refractivity contribution in [1.82, 2.24) is 29.7 Å². The van der Waals surface area contributed by atoms with E-state index in [1.807, 2.05) is 61.0 Å². The average Bonchev–Trinajstić information content (AvgIpc) is 3.14. The molecule has 120 valence electrons. The monoisotopic (exact) mass is 320 g/mol. The van der Waals surface area contributed by atoms with Crippen molar-refractivity contribution in [1.29, 1.82) is 0 Å². The Labute approximate surface area is 137 Å². The van der Waals surface area contributed by atoms with Crippen LogP contribution in [0.4, 0.5) is 0 Å². The van der Waals surface area contributed by atoms with Crippen molar-refractivity contribution in [2.24, 2.45) is 7.05 Å². The minimum atomic E-state index is -0.155. The first-order chi connectivity index (χ1) is 11.6. The molecule has 0 radical (unpaired) electrons. The zero-order valence-corrected chi connectivity index (χ0v) is 13.4. The maximum absolute atomic E-state index is 12.5. The van der Waals surface area contributed by atoms with Crippen LogP contribution in [0, 0.1) is 6.92 Å². The highest BCUT2D eigenvalue weighted by atomic mass is 16.1. The standard InChI is InChI=1S/C17H16N6O/c1-11-7-8-15-19-20-16(23(15)21-11)10-18-17(24)14-9-12-5-3-4-6-13(12)22(14)2/h3-9H,10H2,1-2H3,(H,18,24). The van der Waals surface area contributed by atoms with E-state index in [1.54, 1.807) is 4.52 Å². The second-order valence-electron chi connectivity index (χ2n) is 5.69. The number of aryl methyl sites for hydroxylation is 2. The average molecular weight is 320 g/mol. The third-order valence-corrected chi connectivity index (χ3v) is 4.05. The summed E-state index contributed by atoms with van der Waals surface area (Å²) < 4.78 is 3.53. The van der Waals surface area contributed by atoms with Crippen LogP contribution in [0.15, 0.2) is 42.5 Å². The number of amides is 1. The van der Waals surface area contributed by atoms with E-state index in [4.69, 9.17) is 0 Å². The lowest BCUT2D eigenvalue weighted by molar-refractivity contribution is 0.0942. The Hall–Kier alpha value is -3.22. The molecule has 24 heavy (non-hydrogen) atoms. The highest BCUT2D eigenvalue weighted by Gasteiger charge is 2.14. The molecule has 1 amide bonds. The molecule has 0 unspecified atom stereocenters. The van der Waals surface area contributed by atoms with E-state index in [2.05, 4.69) is 20.6 Å². The molecule has 0 spiro atoms. The van der Waals surface area contributed by atoms with Crippen LogP contribution < -0.4 is 5.32 Å². The Bertz CT molecular complexity index is 1060. The Kier molecular flexibility index (Phi) is 3.26. The molecule has 4 aromatic rings. The molecule has 1 aromatic carbocycles. The molecule has 0 aliphatic carbocycles. The van der Waals surface area contributed by atoms with Crippen molar-refractivity contribution in [3.8, 4) is 0 Å². The summed E-state index contributed by atoms with van der Waals surface area (Å²) in [6.07, 6.45) is 0. The highest BCUT2D eigenvalue weighted by Crippen LogP contribution is 2.18. The zero-order chi connectivity index (χ0) is 16.7. The predicted molar refractivity (Wildman–Crippen MR) is 89.6 cm³/mol. The second-order valence-corrected chi connectivity index (χ2v) is 5.69. The number of para-hydroxylation sites is 1. The van der Waals surface area contributed by atoms with Gasteiger partial charge in [-0.2, -0.15) is 9.61 Å². The number of rotatable bonds is 3. The van der Waals surface area contributed by atoms with E-state index in [0.29, 0.717) is 17.2 Å². The lowest BCUT2D eigenvalue weighted by Crippen LogP contribution is -2.26. The van der Waals surface area contributed by atoms with Crippen LogP contribution in [-0.4, -0.2) is 30.3 Å². The van der Waals surface area contributed by atoms with Crippen molar-refractivity contribution < 1.29 is 4.79 Å². The third-order valence-electron chi connectivity index (χ3n) is 4.05. The summed E-state index contributed by atoms with van der Waals surface area (Å²) in [5.41, 5.74) is 3.15. The molecule has 0 bridgehead atoms. The Balaban J connectivity index is 1.59. The molecule has 0 saturated heterocycles. The third kappa shape index (κ3) is 2.30. The van der Waals surface area contributed by atoms with Gasteiger partial charge in [0.05, 0.1) is 12.2 Å². The van der Waals surface area contributed by atoms with Gasteiger partial charge in [0.2, 0.25) is 0 Å². The topological polar surface area (TPSA) is 77.1 Å². The van der Waals surface area contributed by atoms with Gasteiger partial charge in [-0.05, 0) is 31.2 Å². The number of aromatic nitrogens is 5. The fourth-order valence-electron chi connectivity index (χ4n) is 2.79. The van der Waals surface area contributed by atoms with E-state index in [0.717, 1.165) is 16.6 Å². The molecule has 1 N–H and O–H groups in total. The summed E-state index contributed by atoms with van der Waals surface area (Å²) in [5, 5.41) is 16.5. The fraction of sp³-hybridized carbons (Fsp3) is 0.176. The van der Waals surface area contributed by atoms with Crippen LogP contribution >= 0.6 is 0 Å². The molecule has 0 fully saturated rings. The van der Waals surface area contributed by atoms with Crippen LogP contribution in [0.1, 0.15) is 22.0 Å². The van der Waals surface area contributed by atoms with Crippen LogP contribution in [0.3, 0.4) is 0 Å². The molecule has 0 saturated carbocycles. The number of nitrogens with zero attached hydrogens (tertiary/aromatic N) is 5. The Morgan fingerprint density at radius 1 is 1.17 bits per heavy atom. The van der Waals surface area contributed by atoms with Crippen molar-refractivity contribution in [2.75, 3.05) is 0 Å². The number of hydrogen-bond acceptors (Lipinski definition) is 4. The maximum Gasteiger partial charge on any atom is 0.268 e. The smallest absolute Gasteiger partial charge is 0.268 e. The summed E-state index contributed by atoms with van der Waals surface area (Å²) in [6, 6.07) is 13.5. The lowest BCUT2D eigenvalue weighted by Gasteiger charge is -2.05. The first-order valence-electron chi connectivity index (χ1n) is 7.64. The van der Waals surface area contributed by atoms with Gasteiger partial charge in [0, 0.05) is 18.0 Å². The minimum Gasteiger partial charge on any atom is -0.343 e. The largest absolute Gasteiger partial charge is 0.343 e. The molecule has 3 heterocycles. The number of hydrogen-bond donors (Lipinski definition) is 1. The van der Waals surface area contributed by atoms with Gasteiger partial charge in [0.1, 0.15) is 5.69 Å². The summed E-state index contributed by atoms with van der Waals surface area (Å²) in [5.74, 6) is 0.443. The fourth-order valence-corrected chi connectivity index (χ4v) is 2.79. The van der Waals surface area contributed by atoms with Crippen LogP contribution in [-0.2, 0) is 13.6 Å². The summed E-state index contributed by atoms with van der Waals surface area (Å²) in [7, 11) is 1.88. The van der Waals surface area contributed by atoms with Gasteiger partial charge < -0.3 is 9.88 Å². The molecule has 7 heteroatoms. The second kappa shape index (κ2) is 5.45. The molecule has 0 atom stereocenters. The van der Waals surface area contributed by atoms with E-state index in [9.17, 15) is 4.79 Å². The number of benzene rings is 1. The van der Waals surface area contributed by atoms with Crippen LogP contribution in [0.5, 0.6) is 0 Å². The van der Waals surface area contributed by atoms with E-state index >= 15 is 0 Å². The Morgan fingerprint density at radius 3 is 2.83 bits per heavy atom. The van der Waals surface area contributed by atoms with Gasteiger partial charge in [-0.25, -0.2) is 0 Å². The van der Waals surface area contributed by atoms with E-state index in [1.165, 1.54) is 0 Å². The van der Waals surface area contributed by atoms with Crippen molar-refractivity contribution in [3.05, 3.63) is 59.7 Å². The molecule has 3 aromatic heterocycles. The molecule has 0 aliphatic rings. The normalized spacial score (nSPS) is 11.2.